The third-order valence-electron chi connectivity index (χ3n) is 1.76. The Kier molecular flexibility index (Phi) is 17.6. The van der Waals surface area contributed by atoms with Gasteiger partial charge >= 0.3 is 0 Å². The first kappa shape index (κ1) is 18.9. The van der Waals surface area contributed by atoms with Crippen LogP contribution in [0.15, 0.2) is 0 Å². The van der Waals surface area contributed by atoms with Crippen LogP contribution in [0.5, 0.6) is 0 Å². The van der Waals surface area contributed by atoms with Crippen LogP contribution in [0.4, 0.5) is 0 Å². The molecule has 0 saturated carbocycles. The Bertz CT molecular complexity index is 74.5. The molecule has 0 aliphatic rings. The van der Waals surface area contributed by atoms with E-state index in [0.717, 1.165) is 12.8 Å². The molecule has 0 spiro atoms. The molecule has 0 aromatic rings. The Labute approximate surface area is 121 Å². The fraction of sp³-hybridized carbons (Fsp3) is 0.875. The maximum atomic E-state index is 8.51. The molecule has 0 fully saturated rings. The molecule has 2 radical (unpaired) electrons. The Hall–Kier alpha value is 2.17. The van der Waals surface area contributed by atoms with Crippen molar-refractivity contribution in [2.24, 2.45) is 5.41 Å². The molecule has 0 atom stereocenters. The second kappa shape index (κ2) is 10.2. The van der Waals surface area contributed by atoms with Crippen molar-refractivity contribution in [3.8, 4) is 0 Å². The van der Waals surface area contributed by atoms with E-state index in [1.165, 1.54) is 0 Å². The molecule has 1 nitrogen and oxygen atoms in total. The topological polar surface area (TPSA) is 20.2 Å². The van der Waals surface area contributed by atoms with Crippen LogP contribution in [-0.4, -0.2) is 11.7 Å². The average molecular weight is 307 g/mol. The second-order valence-corrected chi connectivity index (χ2v) is 3.10. The predicted molar refractivity (Wildman–Crippen MR) is 40.1 cm³/mol. The van der Waals surface area contributed by atoms with E-state index in [0.29, 0.717) is 12.0 Å². The normalized spacial score (nSPS) is 9.82. The number of aliphatic hydroxyl groups is 1. The molecule has 0 unspecified atom stereocenters. The van der Waals surface area contributed by atoms with Crippen molar-refractivity contribution in [2.45, 2.75) is 33.6 Å². The zero-order valence-corrected chi connectivity index (χ0v) is 13.5. The fourth-order valence-electron chi connectivity index (χ4n) is 0.679. The minimum Gasteiger partial charge on any atom is -0.396 e. The summed E-state index contributed by atoms with van der Waals surface area (Å²) in [6.45, 7) is 6.75. The van der Waals surface area contributed by atoms with E-state index >= 15 is 0 Å². The molecular weight excluding hydrogens is 290 g/mol. The zero-order chi connectivity index (χ0) is 7.33. The van der Waals surface area contributed by atoms with Crippen LogP contribution in [0.25, 0.3) is 0 Å². The van der Waals surface area contributed by atoms with Crippen molar-refractivity contribution in [3.63, 3.8) is 0 Å². The van der Waals surface area contributed by atoms with E-state index in [4.69, 9.17) is 5.11 Å². The molecule has 0 amide bonds. The van der Waals surface area contributed by atoms with Gasteiger partial charge in [-0.05, 0) is 6.42 Å². The van der Waals surface area contributed by atoms with Crippen molar-refractivity contribution in [1.82, 2.24) is 0 Å². The van der Waals surface area contributed by atoms with Crippen LogP contribution < -0.4 is 0 Å². The minimum atomic E-state index is 0. The standard InChI is InChI=1S/C8H17O.2Y/c1-4-8(2,3)6-5-7-9;;/h4,9H,5-7H2,1-3H3;;/q-1;;. The molecule has 0 aromatic heterocycles. The summed E-state index contributed by atoms with van der Waals surface area (Å²) >= 11 is 0. The molecule has 0 saturated heterocycles. The van der Waals surface area contributed by atoms with Crippen molar-refractivity contribution in [2.75, 3.05) is 6.61 Å². The quantitative estimate of drug-likeness (QED) is 0.788. The SMILES string of the molecule is C[CH-]C(C)(C)CCCO.[Y].[Y]. The zero-order valence-electron chi connectivity index (χ0n) is 7.80. The van der Waals surface area contributed by atoms with E-state index < -0.39 is 0 Å². The molecule has 0 rings (SSSR count). The smallest absolute Gasteiger partial charge is 0.0430 e. The van der Waals surface area contributed by atoms with Gasteiger partial charge in [0, 0.05) is 72.0 Å². The minimum absolute atomic E-state index is 0. The Morgan fingerprint density at radius 2 is 1.73 bits per heavy atom. The van der Waals surface area contributed by atoms with Gasteiger partial charge in [-0.25, -0.2) is 0 Å². The van der Waals surface area contributed by atoms with Crippen molar-refractivity contribution < 1.29 is 70.5 Å². The van der Waals surface area contributed by atoms with E-state index in [9.17, 15) is 0 Å². The number of hydrogen-bond donors (Lipinski definition) is 1. The Morgan fingerprint density at radius 1 is 1.27 bits per heavy atom. The summed E-state index contributed by atoms with van der Waals surface area (Å²) < 4.78 is 0. The Balaban J connectivity index is -0.000000320. The molecule has 62 valence electrons. The van der Waals surface area contributed by atoms with Crippen LogP contribution in [-0.2, 0) is 65.4 Å². The second-order valence-electron chi connectivity index (χ2n) is 3.10. The van der Waals surface area contributed by atoms with E-state index in [1.54, 1.807) is 0 Å². The van der Waals surface area contributed by atoms with Crippen LogP contribution in [0, 0.1) is 11.8 Å². The summed E-state index contributed by atoms with van der Waals surface area (Å²) in [5, 5.41) is 8.51. The van der Waals surface area contributed by atoms with Crippen molar-refractivity contribution >= 4 is 0 Å². The molecule has 0 aromatic carbocycles. The first-order valence-electron chi connectivity index (χ1n) is 3.54. The first-order valence-corrected chi connectivity index (χ1v) is 3.54. The van der Waals surface area contributed by atoms with Crippen LogP contribution >= 0.6 is 0 Å². The fourth-order valence-corrected chi connectivity index (χ4v) is 0.679. The summed E-state index contributed by atoms with van der Waals surface area (Å²) in [5.41, 5.74) is 0.308. The van der Waals surface area contributed by atoms with Gasteiger partial charge in [0.25, 0.3) is 0 Å². The third-order valence-corrected chi connectivity index (χ3v) is 1.76. The molecular formula is C8H17OY2-. The number of rotatable bonds is 4. The van der Waals surface area contributed by atoms with Gasteiger partial charge in [-0.1, -0.05) is 20.3 Å². The van der Waals surface area contributed by atoms with Crippen molar-refractivity contribution in [1.29, 1.82) is 0 Å². The van der Waals surface area contributed by atoms with Crippen molar-refractivity contribution in [3.05, 3.63) is 6.42 Å². The molecule has 0 aliphatic carbocycles. The molecule has 0 heterocycles. The number of hydrogen-bond acceptors (Lipinski definition) is 1. The average Bonchev–Trinajstić information content (AvgIpc) is 1.84. The summed E-state index contributed by atoms with van der Waals surface area (Å²) in [5.74, 6) is 0. The third kappa shape index (κ3) is 12.2. The summed E-state index contributed by atoms with van der Waals surface area (Å²) in [7, 11) is 0. The maximum absolute atomic E-state index is 8.51. The van der Waals surface area contributed by atoms with Crippen LogP contribution in [0.2, 0.25) is 0 Å². The van der Waals surface area contributed by atoms with Gasteiger partial charge in [-0.3, -0.25) is 0 Å². The molecule has 0 bridgehead atoms. The van der Waals surface area contributed by atoms with Crippen LogP contribution in [0.3, 0.4) is 0 Å². The van der Waals surface area contributed by atoms with Gasteiger partial charge in [0.2, 0.25) is 0 Å². The van der Waals surface area contributed by atoms with Gasteiger partial charge in [0.1, 0.15) is 0 Å². The predicted octanol–water partition coefficient (Wildman–Crippen LogP) is 2.00. The maximum Gasteiger partial charge on any atom is 0.0430 e. The van der Waals surface area contributed by atoms with E-state index in [2.05, 4.69) is 27.2 Å². The Morgan fingerprint density at radius 3 is 2.00 bits per heavy atom. The van der Waals surface area contributed by atoms with Gasteiger partial charge < -0.3 is 11.5 Å². The molecule has 0 aliphatic heterocycles. The molecule has 3 heteroatoms. The van der Waals surface area contributed by atoms with Gasteiger partial charge in [-0.2, -0.15) is 12.3 Å². The largest absolute Gasteiger partial charge is 0.396 e. The summed E-state index contributed by atoms with van der Waals surface area (Å²) in [4.78, 5) is 0. The first-order chi connectivity index (χ1) is 4.12. The number of aliphatic hydroxyl groups excluding tert-OH is 1. The molecule has 11 heavy (non-hydrogen) atoms. The van der Waals surface area contributed by atoms with Gasteiger partial charge in [-0.15, -0.1) is 0 Å². The summed E-state index contributed by atoms with van der Waals surface area (Å²) in [6, 6.07) is 0. The van der Waals surface area contributed by atoms with Gasteiger partial charge in [0.15, 0.2) is 0 Å². The summed E-state index contributed by atoms with van der Waals surface area (Å²) in [6.07, 6.45) is 4.18. The van der Waals surface area contributed by atoms with E-state index in [1.807, 2.05) is 0 Å². The monoisotopic (exact) mass is 307 g/mol. The van der Waals surface area contributed by atoms with Crippen LogP contribution in [0.1, 0.15) is 33.6 Å². The van der Waals surface area contributed by atoms with Gasteiger partial charge in [0.05, 0.1) is 0 Å². The molecule has 1 N–H and O–H groups in total. The van der Waals surface area contributed by atoms with E-state index in [-0.39, 0.29) is 65.4 Å².